The standard InChI is InChI=1S/C18H19P/c1-15-9-8-14-18(15)19(16-10-4-2-5-11-16)17-12-6-3-7-13-17/h2-8,10-15,18H,9H2,1H3. The topological polar surface area (TPSA) is 0 Å². The molecule has 2 atom stereocenters. The van der Waals surface area contributed by atoms with E-state index in [1.807, 2.05) is 0 Å². The molecule has 3 rings (SSSR count). The van der Waals surface area contributed by atoms with Crippen molar-refractivity contribution in [3.05, 3.63) is 72.8 Å². The average molecular weight is 266 g/mol. The van der Waals surface area contributed by atoms with Gasteiger partial charge in [-0.05, 0) is 30.9 Å². The molecule has 0 fully saturated rings. The fourth-order valence-corrected chi connectivity index (χ4v) is 5.67. The molecule has 1 aliphatic carbocycles. The largest absolute Gasteiger partial charge is 0.0876 e. The van der Waals surface area contributed by atoms with Crippen LogP contribution in [-0.4, -0.2) is 5.66 Å². The second-order valence-corrected chi connectivity index (χ2v) is 7.54. The number of allylic oxidation sites excluding steroid dienone is 2. The van der Waals surface area contributed by atoms with Crippen molar-refractivity contribution in [2.24, 2.45) is 5.92 Å². The van der Waals surface area contributed by atoms with Crippen LogP contribution in [0.2, 0.25) is 0 Å². The molecule has 2 aromatic carbocycles. The van der Waals surface area contributed by atoms with Gasteiger partial charge in [0, 0.05) is 5.66 Å². The van der Waals surface area contributed by atoms with Gasteiger partial charge in [-0.25, -0.2) is 0 Å². The summed E-state index contributed by atoms with van der Waals surface area (Å²) >= 11 is 0. The van der Waals surface area contributed by atoms with Gasteiger partial charge in [0.2, 0.25) is 0 Å². The second-order valence-electron chi connectivity index (χ2n) is 5.17. The predicted octanol–water partition coefficient (Wildman–Crippen LogP) is 4.08. The van der Waals surface area contributed by atoms with E-state index in [0.717, 1.165) is 5.92 Å². The summed E-state index contributed by atoms with van der Waals surface area (Å²) in [5.74, 6) is 0.756. The van der Waals surface area contributed by atoms with Crippen LogP contribution >= 0.6 is 7.92 Å². The van der Waals surface area contributed by atoms with Gasteiger partial charge in [0.25, 0.3) is 0 Å². The Balaban J connectivity index is 2.04. The normalized spacial score (nSPS) is 22.0. The lowest BCUT2D eigenvalue weighted by molar-refractivity contribution is 0.647. The van der Waals surface area contributed by atoms with Crippen molar-refractivity contribution in [2.45, 2.75) is 19.0 Å². The van der Waals surface area contributed by atoms with Gasteiger partial charge < -0.3 is 0 Å². The molecule has 0 radical (unpaired) electrons. The van der Waals surface area contributed by atoms with Crippen molar-refractivity contribution >= 4 is 18.5 Å². The minimum absolute atomic E-state index is 0.278. The Kier molecular flexibility index (Phi) is 3.80. The molecular formula is C18H19P. The smallest absolute Gasteiger partial charge is 0.00792 e. The summed E-state index contributed by atoms with van der Waals surface area (Å²) in [6, 6.07) is 22.0. The Morgan fingerprint density at radius 1 is 0.842 bits per heavy atom. The number of hydrogen-bond acceptors (Lipinski definition) is 0. The van der Waals surface area contributed by atoms with E-state index in [-0.39, 0.29) is 7.92 Å². The van der Waals surface area contributed by atoms with Crippen molar-refractivity contribution in [3.63, 3.8) is 0 Å². The first kappa shape index (κ1) is 12.6. The summed E-state index contributed by atoms with van der Waals surface area (Å²) in [6.45, 7) is 2.38. The number of benzene rings is 2. The zero-order chi connectivity index (χ0) is 13.1. The van der Waals surface area contributed by atoms with Gasteiger partial charge in [0.05, 0.1) is 0 Å². The van der Waals surface area contributed by atoms with Gasteiger partial charge in [-0.1, -0.05) is 79.7 Å². The Hall–Kier alpha value is -1.39. The molecule has 0 spiro atoms. The summed E-state index contributed by atoms with van der Waals surface area (Å²) in [6.07, 6.45) is 6.02. The van der Waals surface area contributed by atoms with E-state index in [0.29, 0.717) is 5.66 Å². The van der Waals surface area contributed by atoms with Crippen molar-refractivity contribution < 1.29 is 0 Å². The number of rotatable bonds is 3. The zero-order valence-corrected chi connectivity index (χ0v) is 12.1. The molecule has 19 heavy (non-hydrogen) atoms. The SMILES string of the molecule is CC1CC=CC1P(c1ccccc1)c1ccccc1. The molecule has 1 heteroatoms. The van der Waals surface area contributed by atoms with Gasteiger partial charge in [-0.15, -0.1) is 0 Å². The van der Waals surface area contributed by atoms with E-state index in [2.05, 4.69) is 79.7 Å². The molecule has 2 aromatic rings. The molecule has 0 saturated heterocycles. The maximum atomic E-state index is 2.44. The fourth-order valence-electron chi connectivity index (χ4n) is 2.77. The quantitative estimate of drug-likeness (QED) is 0.580. The highest BCUT2D eigenvalue weighted by atomic mass is 31.1. The first-order valence-corrected chi connectivity index (χ1v) is 8.33. The Labute approximate surface area is 116 Å². The molecule has 0 aliphatic heterocycles. The predicted molar refractivity (Wildman–Crippen MR) is 85.8 cm³/mol. The van der Waals surface area contributed by atoms with Crippen LogP contribution in [0.25, 0.3) is 0 Å². The maximum absolute atomic E-state index is 2.44. The highest BCUT2D eigenvalue weighted by Gasteiger charge is 2.29. The molecule has 0 amide bonds. The van der Waals surface area contributed by atoms with Crippen LogP contribution in [0.5, 0.6) is 0 Å². The monoisotopic (exact) mass is 266 g/mol. The third-order valence-corrected chi connectivity index (χ3v) is 6.78. The van der Waals surface area contributed by atoms with Crippen molar-refractivity contribution in [3.8, 4) is 0 Å². The third kappa shape index (κ3) is 2.65. The molecule has 0 heterocycles. The van der Waals surface area contributed by atoms with E-state index in [9.17, 15) is 0 Å². The Morgan fingerprint density at radius 2 is 1.37 bits per heavy atom. The summed E-state index contributed by atoms with van der Waals surface area (Å²) < 4.78 is 0. The van der Waals surface area contributed by atoms with Crippen LogP contribution in [0, 0.1) is 5.92 Å². The van der Waals surface area contributed by atoms with Crippen LogP contribution in [0.3, 0.4) is 0 Å². The van der Waals surface area contributed by atoms with Gasteiger partial charge in [-0.3, -0.25) is 0 Å². The van der Waals surface area contributed by atoms with E-state index >= 15 is 0 Å². The zero-order valence-electron chi connectivity index (χ0n) is 11.2. The number of hydrogen-bond donors (Lipinski definition) is 0. The fraction of sp³-hybridized carbons (Fsp3) is 0.222. The van der Waals surface area contributed by atoms with Gasteiger partial charge in [-0.2, -0.15) is 0 Å². The molecule has 0 saturated carbocycles. The summed E-state index contributed by atoms with van der Waals surface area (Å²) in [4.78, 5) is 0. The first-order chi connectivity index (χ1) is 9.36. The molecule has 1 aliphatic rings. The lowest BCUT2D eigenvalue weighted by atomic mass is 10.1. The lowest BCUT2D eigenvalue weighted by Crippen LogP contribution is -2.23. The van der Waals surface area contributed by atoms with Crippen LogP contribution in [0.4, 0.5) is 0 Å². The van der Waals surface area contributed by atoms with E-state index < -0.39 is 0 Å². The van der Waals surface area contributed by atoms with Gasteiger partial charge in [0.1, 0.15) is 0 Å². The summed E-state index contributed by atoms with van der Waals surface area (Å²) in [5.41, 5.74) is 0.680. The molecule has 96 valence electrons. The van der Waals surface area contributed by atoms with Crippen LogP contribution in [0.1, 0.15) is 13.3 Å². The van der Waals surface area contributed by atoms with Gasteiger partial charge in [0.15, 0.2) is 0 Å². The molecule has 2 unspecified atom stereocenters. The summed E-state index contributed by atoms with van der Waals surface area (Å²) in [7, 11) is -0.278. The molecule has 0 N–H and O–H groups in total. The maximum Gasteiger partial charge on any atom is 0.00792 e. The highest BCUT2D eigenvalue weighted by molar-refractivity contribution is 7.73. The van der Waals surface area contributed by atoms with Crippen molar-refractivity contribution in [1.29, 1.82) is 0 Å². The van der Waals surface area contributed by atoms with Crippen molar-refractivity contribution in [1.82, 2.24) is 0 Å². The van der Waals surface area contributed by atoms with E-state index in [1.54, 1.807) is 0 Å². The minimum Gasteiger partial charge on any atom is -0.0876 e. The Morgan fingerprint density at radius 3 is 1.79 bits per heavy atom. The molecule has 0 aromatic heterocycles. The van der Waals surface area contributed by atoms with E-state index in [4.69, 9.17) is 0 Å². The minimum atomic E-state index is -0.278. The van der Waals surface area contributed by atoms with Crippen LogP contribution in [-0.2, 0) is 0 Å². The summed E-state index contributed by atoms with van der Waals surface area (Å²) in [5, 5.41) is 2.99. The average Bonchev–Trinajstić information content (AvgIpc) is 2.88. The van der Waals surface area contributed by atoms with E-state index in [1.165, 1.54) is 17.0 Å². The third-order valence-electron chi connectivity index (χ3n) is 3.79. The molecular weight excluding hydrogens is 247 g/mol. The molecule has 0 bridgehead atoms. The Bertz CT molecular complexity index is 505. The van der Waals surface area contributed by atoms with Gasteiger partial charge >= 0.3 is 0 Å². The molecule has 0 nitrogen and oxygen atoms in total. The van der Waals surface area contributed by atoms with Crippen LogP contribution in [0.15, 0.2) is 72.8 Å². The lowest BCUT2D eigenvalue weighted by Gasteiger charge is -2.27. The first-order valence-electron chi connectivity index (χ1n) is 6.92. The van der Waals surface area contributed by atoms with Crippen LogP contribution < -0.4 is 10.6 Å². The van der Waals surface area contributed by atoms with Crippen molar-refractivity contribution in [2.75, 3.05) is 0 Å². The second kappa shape index (κ2) is 5.72. The highest BCUT2D eigenvalue weighted by Crippen LogP contribution is 2.46.